The van der Waals surface area contributed by atoms with E-state index in [-0.39, 0.29) is 5.50 Å². The van der Waals surface area contributed by atoms with Gasteiger partial charge in [0.1, 0.15) is 11.8 Å². The third kappa shape index (κ3) is 5.78. The van der Waals surface area contributed by atoms with Crippen LogP contribution in [-0.2, 0) is 0 Å². The molecule has 0 bridgehead atoms. The first-order valence-corrected chi connectivity index (χ1v) is 10.4. The van der Waals surface area contributed by atoms with Crippen molar-refractivity contribution in [3.8, 4) is 0 Å². The highest BCUT2D eigenvalue weighted by Crippen LogP contribution is 2.29. The van der Waals surface area contributed by atoms with E-state index in [1.54, 1.807) is 42.2 Å². The van der Waals surface area contributed by atoms with Crippen LogP contribution in [0.1, 0.15) is 21.5 Å². The molecule has 1 atom stereocenters. The second kappa shape index (κ2) is 10.4. The summed E-state index contributed by atoms with van der Waals surface area (Å²) < 4.78 is 0. The number of thioether (sulfide) groups is 1. The third-order valence-corrected chi connectivity index (χ3v) is 5.35. The van der Waals surface area contributed by atoms with Crippen molar-refractivity contribution in [1.82, 2.24) is 10.3 Å². The van der Waals surface area contributed by atoms with Crippen LogP contribution in [0.25, 0.3) is 5.70 Å². The fraction of sp³-hybridized carbons (Fsp3) is 0.130. The zero-order chi connectivity index (χ0) is 21.3. The summed E-state index contributed by atoms with van der Waals surface area (Å²) in [5, 5.41) is 12.3. The number of rotatable bonds is 5. The number of nitrogens with one attached hydrogen (secondary N) is 3. The molecule has 0 aliphatic carbocycles. The first kappa shape index (κ1) is 21.3. The van der Waals surface area contributed by atoms with Gasteiger partial charge in [0.15, 0.2) is 0 Å². The normalized spacial score (nSPS) is 14.6. The maximum Gasteiger partial charge on any atom is 0.150 e. The van der Waals surface area contributed by atoms with E-state index in [2.05, 4.69) is 57.5 Å². The summed E-state index contributed by atoms with van der Waals surface area (Å²) in [5.41, 5.74) is 12.5. The lowest BCUT2D eigenvalue weighted by atomic mass is 10.2. The Bertz CT molecular complexity index is 1010. The number of pyridine rings is 1. The number of nitrogens with zero attached hydrogens (tertiary/aromatic N) is 1. The minimum absolute atomic E-state index is 0.131. The third-order valence-electron chi connectivity index (χ3n) is 4.47. The Balaban J connectivity index is 0.000000239. The van der Waals surface area contributed by atoms with E-state index < -0.39 is 0 Å². The van der Waals surface area contributed by atoms with E-state index in [4.69, 9.17) is 5.73 Å². The summed E-state index contributed by atoms with van der Waals surface area (Å²) >= 11 is 1.73. The van der Waals surface area contributed by atoms with Crippen LogP contribution in [0.5, 0.6) is 0 Å². The first-order valence-electron chi connectivity index (χ1n) is 9.47. The molecule has 0 saturated heterocycles. The van der Waals surface area contributed by atoms with Crippen molar-refractivity contribution < 1.29 is 4.79 Å². The van der Waals surface area contributed by atoms with Gasteiger partial charge in [0, 0.05) is 47.6 Å². The van der Waals surface area contributed by atoms with Crippen molar-refractivity contribution >= 4 is 40.8 Å². The molecule has 0 saturated carbocycles. The number of aryl methyl sites for hydroxylation is 1. The molecule has 6 nitrogen and oxygen atoms in total. The Hall–Kier alpha value is -3.45. The Labute approximate surface area is 181 Å². The fourth-order valence-electron chi connectivity index (χ4n) is 2.74. The SMILES string of the molecule is CNc1ccc(C)c(NC2NC(c3cccnc3)=CS2)c1.Nc1ccc(C=O)cc1. The van der Waals surface area contributed by atoms with E-state index in [0.29, 0.717) is 11.3 Å². The molecule has 7 heteroatoms. The predicted octanol–water partition coefficient (Wildman–Crippen LogP) is 4.54. The van der Waals surface area contributed by atoms with Crippen LogP contribution in [-0.4, -0.2) is 23.8 Å². The van der Waals surface area contributed by atoms with Crippen LogP contribution in [0, 0.1) is 6.92 Å². The second-order valence-corrected chi connectivity index (χ2v) is 7.62. The van der Waals surface area contributed by atoms with Gasteiger partial charge in [0.25, 0.3) is 0 Å². The molecule has 0 fully saturated rings. The molecule has 1 aromatic heterocycles. The van der Waals surface area contributed by atoms with E-state index in [1.807, 2.05) is 19.3 Å². The molecular weight excluding hydrogens is 394 g/mol. The number of hydrogen-bond acceptors (Lipinski definition) is 7. The van der Waals surface area contributed by atoms with E-state index >= 15 is 0 Å². The van der Waals surface area contributed by atoms with Crippen molar-refractivity contribution in [1.29, 1.82) is 0 Å². The van der Waals surface area contributed by atoms with Crippen molar-refractivity contribution in [2.45, 2.75) is 12.4 Å². The van der Waals surface area contributed by atoms with Gasteiger partial charge in [-0.2, -0.15) is 0 Å². The number of anilines is 3. The molecule has 0 radical (unpaired) electrons. The highest BCUT2D eigenvalue weighted by atomic mass is 32.2. The second-order valence-electron chi connectivity index (χ2n) is 6.64. The van der Waals surface area contributed by atoms with Crippen LogP contribution in [0.4, 0.5) is 17.1 Å². The number of benzene rings is 2. The maximum atomic E-state index is 10.1. The zero-order valence-corrected chi connectivity index (χ0v) is 17.7. The number of nitrogen functional groups attached to an aromatic ring is 1. The van der Waals surface area contributed by atoms with E-state index in [9.17, 15) is 4.79 Å². The summed E-state index contributed by atoms with van der Waals surface area (Å²) in [4.78, 5) is 14.2. The van der Waals surface area contributed by atoms with Crippen LogP contribution >= 0.6 is 11.8 Å². The van der Waals surface area contributed by atoms with Crippen molar-refractivity contribution in [3.63, 3.8) is 0 Å². The van der Waals surface area contributed by atoms with Crippen LogP contribution in [0.2, 0.25) is 0 Å². The minimum atomic E-state index is 0.131. The maximum absolute atomic E-state index is 10.1. The van der Waals surface area contributed by atoms with Crippen molar-refractivity contribution in [2.24, 2.45) is 0 Å². The van der Waals surface area contributed by atoms with Gasteiger partial charge in [-0.3, -0.25) is 9.78 Å². The van der Waals surface area contributed by atoms with Gasteiger partial charge in [0.05, 0.1) is 5.70 Å². The zero-order valence-electron chi connectivity index (χ0n) is 16.9. The largest absolute Gasteiger partial charge is 0.399 e. The lowest BCUT2D eigenvalue weighted by molar-refractivity contribution is 0.112. The standard InChI is InChI=1S/C16H18N4S.C7H7NO/c1-11-5-6-13(17-2)8-14(11)19-16-20-15(10-21-16)12-4-3-7-18-9-12;8-7-3-1-6(5-9)2-4-7/h3-10,16-17,19-20H,1-2H3;1-5H,8H2. The van der Waals surface area contributed by atoms with Gasteiger partial charge < -0.3 is 21.7 Å². The molecule has 1 unspecified atom stereocenters. The Kier molecular flexibility index (Phi) is 7.34. The Morgan fingerprint density at radius 1 is 1.17 bits per heavy atom. The van der Waals surface area contributed by atoms with Gasteiger partial charge in [-0.25, -0.2) is 0 Å². The highest BCUT2D eigenvalue weighted by molar-refractivity contribution is 8.03. The quantitative estimate of drug-likeness (QED) is 0.356. The van der Waals surface area contributed by atoms with Gasteiger partial charge in [-0.05, 0) is 66.4 Å². The molecule has 0 amide bonds. The van der Waals surface area contributed by atoms with E-state index in [1.165, 1.54) is 5.56 Å². The Morgan fingerprint density at radius 3 is 2.63 bits per heavy atom. The molecule has 2 heterocycles. The molecule has 2 aromatic carbocycles. The van der Waals surface area contributed by atoms with Crippen molar-refractivity contribution in [2.75, 3.05) is 23.4 Å². The summed E-state index contributed by atoms with van der Waals surface area (Å²) in [7, 11) is 1.93. The average Bonchev–Trinajstić information content (AvgIpc) is 3.25. The van der Waals surface area contributed by atoms with Gasteiger partial charge >= 0.3 is 0 Å². The summed E-state index contributed by atoms with van der Waals surface area (Å²) in [5.74, 6) is 0. The molecule has 0 spiro atoms. The number of hydrogen-bond donors (Lipinski definition) is 4. The number of carbonyl (C=O) groups is 1. The van der Waals surface area contributed by atoms with Gasteiger partial charge in [0.2, 0.25) is 0 Å². The van der Waals surface area contributed by atoms with Crippen LogP contribution in [0.3, 0.4) is 0 Å². The minimum Gasteiger partial charge on any atom is -0.399 e. The summed E-state index contributed by atoms with van der Waals surface area (Å²) in [6, 6.07) is 17.1. The Morgan fingerprint density at radius 2 is 1.97 bits per heavy atom. The smallest absolute Gasteiger partial charge is 0.150 e. The van der Waals surface area contributed by atoms with Gasteiger partial charge in [-0.1, -0.05) is 17.8 Å². The van der Waals surface area contributed by atoms with Crippen molar-refractivity contribution in [3.05, 3.63) is 89.1 Å². The lowest BCUT2D eigenvalue weighted by Crippen LogP contribution is -2.28. The fourth-order valence-corrected chi connectivity index (χ4v) is 3.60. The van der Waals surface area contributed by atoms with Crippen LogP contribution < -0.4 is 21.7 Å². The van der Waals surface area contributed by atoms with Gasteiger partial charge in [-0.15, -0.1) is 0 Å². The summed E-state index contributed by atoms with van der Waals surface area (Å²) in [6.45, 7) is 2.11. The molecule has 154 valence electrons. The highest BCUT2D eigenvalue weighted by Gasteiger charge is 2.18. The number of aldehydes is 1. The van der Waals surface area contributed by atoms with Crippen LogP contribution in [0.15, 0.2) is 72.4 Å². The molecule has 3 aromatic rings. The molecule has 5 N–H and O–H groups in total. The number of carbonyl (C=O) groups excluding carboxylic acids is 1. The monoisotopic (exact) mass is 419 g/mol. The topological polar surface area (TPSA) is 92.1 Å². The average molecular weight is 420 g/mol. The predicted molar refractivity (Wildman–Crippen MR) is 127 cm³/mol. The molecule has 30 heavy (non-hydrogen) atoms. The molecule has 1 aliphatic rings. The summed E-state index contributed by atoms with van der Waals surface area (Å²) in [6.07, 6.45) is 4.45. The first-order chi connectivity index (χ1) is 14.6. The molecule has 1 aliphatic heterocycles. The number of nitrogens with two attached hydrogens (primary N) is 1. The molecular formula is C23H25N5OS. The lowest BCUT2D eigenvalue weighted by Gasteiger charge is -2.18. The number of aromatic nitrogens is 1. The van der Waals surface area contributed by atoms with E-state index in [0.717, 1.165) is 28.9 Å². The molecule has 4 rings (SSSR count).